The van der Waals surface area contributed by atoms with Gasteiger partial charge in [-0.2, -0.15) is 0 Å². The summed E-state index contributed by atoms with van der Waals surface area (Å²) in [5.74, 6) is -0.936. The third kappa shape index (κ3) is 4.69. The van der Waals surface area contributed by atoms with E-state index in [9.17, 15) is 18.0 Å². The number of benzene rings is 1. The summed E-state index contributed by atoms with van der Waals surface area (Å²) in [6, 6.07) is 4.52. The lowest BCUT2D eigenvalue weighted by Gasteiger charge is -2.10. The Kier molecular flexibility index (Phi) is 5.62. The van der Waals surface area contributed by atoms with Gasteiger partial charge in [-0.05, 0) is 37.7 Å². The van der Waals surface area contributed by atoms with Crippen molar-refractivity contribution in [2.45, 2.75) is 11.8 Å². The Bertz CT molecular complexity index is 668. The molecule has 0 bridgehead atoms. The number of aryl methyl sites for hydroxylation is 1. The second-order valence-corrected chi connectivity index (χ2v) is 6.01. The predicted octanol–water partition coefficient (Wildman–Crippen LogP) is 0.144. The molecule has 0 aliphatic heterocycles. The van der Waals surface area contributed by atoms with Gasteiger partial charge in [0, 0.05) is 5.69 Å². The lowest BCUT2D eigenvalue weighted by atomic mass is 10.2. The van der Waals surface area contributed by atoms with Gasteiger partial charge in [-0.3, -0.25) is 9.59 Å². The fraction of sp³-hybridized carbons (Fsp3) is 0.231. The Balaban J connectivity index is 2.86. The van der Waals surface area contributed by atoms with Crippen LogP contribution in [0.2, 0.25) is 0 Å². The largest absolute Gasteiger partial charge is 0.343 e. The molecule has 0 saturated carbocycles. The van der Waals surface area contributed by atoms with E-state index >= 15 is 0 Å². The van der Waals surface area contributed by atoms with E-state index in [2.05, 4.69) is 21.9 Å². The monoisotopic (exact) mass is 311 g/mol. The normalized spacial score (nSPS) is 10.8. The Morgan fingerprint density at radius 3 is 2.57 bits per heavy atom. The average Bonchev–Trinajstić information content (AvgIpc) is 2.46. The quantitative estimate of drug-likeness (QED) is 0.650. The number of hydrogen-bond acceptors (Lipinski definition) is 4. The van der Waals surface area contributed by atoms with Gasteiger partial charge in [0.1, 0.15) is 0 Å². The van der Waals surface area contributed by atoms with Crippen LogP contribution in [-0.2, 0) is 19.6 Å². The Hall–Kier alpha value is -2.19. The number of carbonyl (C=O) groups excluding carboxylic acids is 2. The molecule has 114 valence electrons. The minimum absolute atomic E-state index is 0.0814. The van der Waals surface area contributed by atoms with Gasteiger partial charge in [-0.15, -0.1) is 0 Å². The number of anilines is 1. The topological polar surface area (TPSA) is 104 Å². The first-order chi connectivity index (χ1) is 9.80. The van der Waals surface area contributed by atoms with Crippen LogP contribution in [0.15, 0.2) is 35.7 Å². The molecule has 1 aromatic carbocycles. The first-order valence-corrected chi connectivity index (χ1v) is 7.53. The predicted molar refractivity (Wildman–Crippen MR) is 79.3 cm³/mol. The molecule has 0 saturated heterocycles. The third-order valence-corrected chi connectivity index (χ3v) is 4.20. The molecule has 0 unspecified atom stereocenters. The van der Waals surface area contributed by atoms with E-state index < -0.39 is 21.8 Å². The minimum Gasteiger partial charge on any atom is -0.343 e. The highest BCUT2D eigenvalue weighted by Gasteiger charge is 2.15. The van der Waals surface area contributed by atoms with Crippen LogP contribution in [-0.4, -0.2) is 33.8 Å². The molecule has 0 atom stereocenters. The van der Waals surface area contributed by atoms with Crippen LogP contribution >= 0.6 is 0 Å². The molecule has 3 N–H and O–H groups in total. The third-order valence-electron chi connectivity index (χ3n) is 2.64. The Morgan fingerprint density at radius 1 is 1.33 bits per heavy atom. The number of nitrogens with one attached hydrogen (secondary N) is 3. The van der Waals surface area contributed by atoms with E-state index in [-0.39, 0.29) is 11.4 Å². The number of sulfonamides is 1. The zero-order chi connectivity index (χ0) is 16.0. The first kappa shape index (κ1) is 16.9. The molecule has 21 heavy (non-hydrogen) atoms. The van der Waals surface area contributed by atoms with Crippen molar-refractivity contribution in [1.29, 1.82) is 0 Å². The van der Waals surface area contributed by atoms with Gasteiger partial charge in [-0.1, -0.05) is 12.6 Å². The fourth-order valence-corrected chi connectivity index (χ4v) is 2.52. The van der Waals surface area contributed by atoms with Crippen molar-refractivity contribution in [1.82, 2.24) is 10.0 Å². The Morgan fingerprint density at radius 2 is 2.00 bits per heavy atom. The van der Waals surface area contributed by atoms with Crippen LogP contribution in [0.1, 0.15) is 5.56 Å². The maximum Gasteiger partial charge on any atom is 0.243 e. The molecule has 2 amide bonds. The smallest absolute Gasteiger partial charge is 0.243 e. The van der Waals surface area contributed by atoms with Crippen LogP contribution in [0.4, 0.5) is 5.69 Å². The summed E-state index contributed by atoms with van der Waals surface area (Å²) in [5, 5.41) is 4.83. The van der Waals surface area contributed by atoms with E-state index in [1.54, 1.807) is 19.1 Å². The molecule has 0 fully saturated rings. The molecular formula is C13H17N3O4S. The average molecular weight is 311 g/mol. The van der Waals surface area contributed by atoms with Crippen molar-refractivity contribution in [2.24, 2.45) is 0 Å². The molecule has 1 rings (SSSR count). The van der Waals surface area contributed by atoms with Gasteiger partial charge < -0.3 is 10.6 Å². The van der Waals surface area contributed by atoms with E-state index in [0.29, 0.717) is 11.3 Å². The minimum atomic E-state index is -3.60. The van der Waals surface area contributed by atoms with Crippen molar-refractivity contribution in [3.63, 3.8) is 0 Å². The van der Waals surface area contributed by atoms with Crippen LogP contribution < -0.4 is 15.4 Å². The number of hydrogen-bond donors (Lipinski definition) is 3. The lowest BCUT2D eigenvalue weighted by Crippen LogP contribution is -2.31. The highest BCUT2D eigenvalue weighted by molar-refractivity contribution is 7.89. The first-order valence-electron chi connectivity index (χ1n) is 6.04. The summed E-state index contributed by atoms with van der Waals surface area (Å²) in [4.78, 5) is 22.6. The molecule has 0 aliphatic carbocycles. The zero-order valence-electron chi connectivity index (χ0n) is 11.8. The molecule has 0 heterocycles. The van der Waals surface area contributed by atoms with Crippen molar-refractivity contribution >= 4 is 27.5 Å². The lowest BCUT2D eigenvalue weighted by molar-refractivity contribution is -0.121. The number of carbonyl (C=O) groups is 2. The summed E-state index contributed by atoms with van der Waals surface area (Å²) in [6.07, 6.45) is 1.05. The molecule has 8 heteroatoms. The van der Waals surface area contributed by atoms with Crippen molar-refractivity contribution in [3.8, 4) is 0 Å². The maximum atomic E-state index is 11.8. The van der Waals surface area contributed by atoms with Gasteiger partial charge in [0.05, 0.1) is 11.4 Å². The molecule has 0 spiro atoms. The van der Waals surface area contributed by atoms with Crippen LogP contribution in [0.25, 0.3) is 0 Å². The second-order valence-electron chi connectivity index (χ2n) is 4.16. The van der Waals surface area contributed by atoms with Gasteiger partial charge in [0.25, 0.3) is 0 Å². The summed E-state index contributed by atoms with van der Waals surface area (Å²) in [7, 11) is -2.29. The van der Waals surface area contributed by atoms with Gasteiger partial charge in [-0.25, -0.2) is 13.1 Å². The zero-order valence-corrected chi connectivity index (χ0v) is 12.6. The van der Waals surface area contributed by atoms with Gasteiger partial charge in [0.2, 0.25) is 21.8 Å². The van der Waals surface area contributed by atoms with Crippen molar-refractivity contribution in [2.75, 3.05) is 18.9 Å². The highest BCUT2D eigenvalue weighted by Crippen LogP contribution is 2.19. The fourth-order valence-electron chi connectivity index (χ4n) is 1.52. The summed E-state index contributed by atoms with van der Waals surface area (Å²) in [6.45, 7) is 4.69. The van der Waals surface area contributed by atoms with Crippen LogP contribution in [0.3, 0.4) is 0 Å². The summed E-state index contributed by atoms with van der Waals surface area (Å²) < 4.78 is 25.9. The number of rotatable bonds is 6. The second kappa shape index (κ2) is 7.00. The van der Waals surface area contributed by atoms with E-state index in [4.69, 9.17) is 0 Å². The van der Waals surface area contributed by atoms with Crippen LogP contribution in [0.5, 0.6) is 0 Å². The Labute approximate surface area is 123 Å². The van der Waals surface area contributed by atoms with E-state index in [0.717, 1.165) is 6.08 Å². The van der Waals surface area contributed by atoms with Gasteiger partial charge in [0.15, 0.2) is 0 Å². The van der Waals surface area contributed by atoms with Gasteiger partial charge >= 0.3 is 0 Å². The molecule has 7 nitrogen and oxygen atoms in total. The highest BCUT2D eigenvalue weighted by atomic mass is 32.2. The van der Waals surface area contributed by atoms with Crippen molar-refractivity contribution in [3.05, 3.63) is 36.4 Å². The molecule has 0 radical (unpaired) electrons. The molecule has 0 aromatic heterocycles. The molecule has 1 aromatic rings. The van der Waals surface area contributed by atoms with E-state index in [1.165, 1.54) is 13.1 Å². The molecule has 0 aliphatic rings. The number of amides is 2. The van der Waals surface area contributed by atoms with Crippen molar-refractivity contribution < 1.29 is 18.0 Å². The summed E-state index contributed by atoms with van der Waals surface area (Å²) in [5.41, 5.74) is 0.884. The standard InChI is InChI=1S/C13H17N3O4S/c1-4-12(17)15-8-13(18)16-10-6-5-9(2)11(7-10)21(19,20)14-3/h4-7,14H,1,8H2,2-3H3,(H,15,17)(H,16,18). The summed E-state index contributed by atoms with van der Waals surface area (Å²) >= 11 is 0. The molecular weight excluding hydrogens is 294 g/mol. The van der Waals surface area contributed by atoms with E-state index in [1.807, 2.05) is 0 Å². The SMILES string of the molecule is C=CC(=O)NCC(=O)Nc1ccc(C)c(S(=O)(=O)NC)c1. The van der Waals surface area contributed by atoms with Crippen LogP contribution in [0, 0.1) is 6.92 Å². The maximum absolute atomic E-state index is 11.8.